The third kappa shape index (κ3) is 4.51. The standard InChI is InChI=1S/C15H25NO4S/c1-4-14(5-2)16(9-10-20-3)21(18,19)15-8-6-7-13(11-15)12-17/h6-8,11,14,17H,4-5,9-10,12H2,1-3H3. The smallest absolute Gasteiger partial charge is 0.243 e. The summed E-state index contributed by atoms with van der Waals surface area (Å²) >= 11 is 0. The molecular formula is C15H25NO4S. The van der Waals surface area contributed by atoms with Crippen LogP contribution in [0.15, 0.2) is 29.2 Å². The molecule has 1 aromatic rings. The Balaban J connectivity index is 3.18. The number of benzene rings is 1. The molecule has 0 aliphatic carbocycles. The first kappa shape index (κ1) is 18.1. The van der Waals surface area contributed by atoms with Gasteiger partial charge in [-0.2, -0.15) is 4.31 Å². The molecule has 0 amide bonds. The number of hydrogen-bond donors (Lipinski definition) is 1. The normalized spacial score (nSPS) is 12.3. The predicted molar refractivity (Wildman–Crippen MR) is 82.5 cm³/mol. The summed E-state index contributed by atoms with van der Waals surface area (Å²) in [5.74, 6) is 0. The number of methoxy groups -OCH3 is 1. The summed E-state index contributed by atoms with van der Waals surface area (Å²) in [6.45, 7) is 4.47. The molecule has 0 heterocycles. The average molecular weight is 315 g/mol. The summed E-state index contributed by atoms with van der Waals surface area (Å²) in [7, 11) is -2.03. The monoisotopic (exact) mass is 315 g/mol. The molecule has 0 radical (unpaired) electrons. The average Bonchev–Trinajstić information content (AvgIpc) is 2.51. The lowest BCUT2D eigenvalue weighted by molar-refractivity contribution is 0.163. The van der Waals surface area contributed by atoms with E-state index in [0.717, 1.165) is 12.8 Å². The maximum absolute atomic E-state index is 12.9. The van der Waals surface area contributed by atoms with Crippen molar-refractivity contribution in [1.29, 1.82) is 0 Å². The van der Waals surface area contributed by atoms with Crippen LogP contribution in [0, 0.1) is 0 Å². The van der Waals surface area contributed by atoms with E-state index in [-0.39, 0.29) is 17.5 Å². The summed E-state index contributed by atoms with van der Waals surface area (Å²) in [6.07, 6.45) is 1.50. The van der Waals surface area contributed by atoms with Gasteiger partial charge < -0.3 is 9.84 Å². The topological polar surface area (TPSA) is 66.8 Å². The van der Waals surface area contributed by atoms with Gasteiger partial charge in [0.05, 0.1) is 18.1 Å². The van der Waals surface area contributed by atoms with Crippen molar-refractivity contribution in [1.82, 2.24) is 4.31 Å². The summed E-state index contributed by atoms with van der Waals surface area (Å²) < 4.78 is 32.3. The molecular weight excluding hydrogens is 290 g/mol. The lowest BCUT2D eigenvalue weighted by Gasteiger charge is -2.29. The van der Waals surface area contributed by atoms with E-state index in [1.165, 1.54) is 10.4 Å². The van der Waals surface area contributed by atoms with Crippen molar-refractivity contribution in [2.75, 3.05) is 20.3 Å². The predicted octanol–water partition coefficient (Wildman–Crippen LogP) is 2.00. The zero-order valence-corrected chi connectivity index (χ0v) is 13.8. The number of aliphatic hydroxyl groups excluding tert-OH is 1. The zero-order valence-electron chi connectivity index (χ0n) is 12.9. The van der Waals surface area contributed by atoms with E-state index >= 15 is 0 Å². The third-order valence-electron chi connectivity index (χ3n) is 3.55. The van der Waals surface area contributed by atoms with E-state index in [0.29, 0.717) is 18.7 Å². The van der Waals surface area contributed by atoms with Crippen molar-refractivity contribution in [3.05, 3.63) is 29.8 Å². The van der Waals surface area contributed by atoms with Crippen LogP contribution in [-0.4, -0.2) is 44.1 Å². The molecule has 0 atom stereocenters. The fraction of sp³-hybridized carbons (Fsp3) is 0.600. The molecule has 0 aromatic heterocycles. The Labute approximate surface area is 127 Å². The molecule has 0 saturated carbocycles. The van der Waals surface area contributed by atoms with Gasteiger partial charge in [0.1, 0.15) is 0 Å². The van der Waals surface area contributed by atoms with Crippen LogP contribution < -0.4 is 0 Å². The van der Waals surface area contributed by atoms with Crippen LogP contribution in [0.4, 0.5) is 0 Å². The van der Waals surface area contributed by atoms with Crippen LogP contribution in [-0.2, 0) is 21.4 Å². The van der Waals surface area contributed by atoms with Gasteiger partial charge in [0.25, 0.3) is 0 Å². The van der Waals surface area contributed by atoms with Gasteiger partial charge in [-0.05, 0) is 30.5 Å². The molecule has 0 unspecified atom stereocenters. The fourth-order valence-corrected chi connectivity index (χ4v) is 4.14. The highest BCUT2D eigenvalue weighted by Gasteiger charge is 2.29. The Morgan fingerprint density at radius 1 is 1.29 bits per heavy atom. The largest absolute Gasteiger partial charge is 0.392 e. The molecule has 120 valence electrons. The van der Waals surface area contributed by atoms with Crippen molar-refractivity contribution >= 4 is 10.0 Å². The van der Waals surface area contributed by atoms with Crippen molar-refractivity contribution in [2.45, 2.75) is 44.2 Å². The third-order valence-corrected chi connectivity index (χ3v) is 5.50. The molecule has 6 heteroatoms. The number of sulfonamides is 1. The molecule has 21 heavy (non-hydrogen) atoms. The minimum absolute atomic E-state index is 0.0528. The van der Waals surface area contributed by atoms with Crippen LogP contribution in [0.5, 0.6) is 0 Å². The maximum atomic E-state index is 12.9. The van der Waals surface area contributed by atoms with Gasteiger partial charge >= 0.3 is 0 Å². The molecule has 0 saturated heterocycles. The molecule has 0 spiro atoms. The number of ether oxygens (including phenoxy) is 1. The number of rotatable bonds is 9. The van der Waals surface area contributed by atoms with Gasteiger partial charge in [0.2, 0.25) is 10.0 Å². The highest BCUT2D eigenvalue weighted by Crippen LogP contribution is 2.22. The van der Waals surface area contributed by atoms with Crippen LogP contribution >= 0.6 is 0 Å². The SMILES string of the molecule is CCC(CC)N(CCOC)S(=O)(=O)c1cccc(CO)c1. The molecule has 1 aromatic carbocycles. The van der Waals surface area contributed by atoms with Gasteiger partial charge in [-0.1, -0.05) is 26.0 Å². The highest BCUT2D eigenvalue weighted by molar-refractivity contribution is 7.89. The van der Waals surface area contributed by atoms with Crippen molar-refractivity contribution < 1.29 is 18.3 Å². The van der Waals surface area contributed by atoms with Gasteiger partial charge in [0.15, 0.2) is 0 Å². The van der Waals surface area contributed by atoms with Crippen LogP contribution in [0.3, 0.4) is 0 Å². The Morgan fingerprint density at radius 2 is 1.95 bits per heavy atom. The van der Waals surface area contributed by atoms with E-state index in [2.05, 4.69) is 0 Å². The molecule has 1 N–H and O–H groups in total. The Bertz CT molecular complexity index is 526. The van der Waals surface area contributed by atoms with E-state index in [4.69, 9.17) is 4.74 Å². The van der Waals surface area contributed by atoms with Crippen LogP contribution in [0.1, 0.15) is 32.3 Å². The second kappa shape index (κ2) is 8.48. The second-order valence-electron chi connectivity index (χ2n) is 4.88. The molecule has 1 rings (SSSR count). The van der Waals surface area contributed by atoms with Crippen molar-refractivity contribution in [2.24, 2.45) is 0 Å². The van der Waals surface area contributed by atoms with Crippen LogP contribution in [0.2, 0.25) is 0 Å². The lowest BCUT2D eigenvalue weighted by atomic mass is 10.2. The highest BCUT2D eigenvalue weighted by atomic mass is 32.2. The van der Waals surface area contributed by atoms with Gasteiger partial charge in [-0.25, -0.2) is 8.42 Å². The molecule has 5 nitrogen and oxygen atoms in total. The van der Waals surface area contributed by atoms with E-state index in [9.17, 15) is 13.5 Å². The number of hydrogen-bond acceptors (Lipinski definition) is 4. The second-order valence-corrected chi connectivity index (χ2v) is 6.77. The maximum Gasteiger partial charge on any atom is 0.243 e. The Kier molecular flexibility index (Phi) is 7.31. The molecule has 0 fully saturated rings. The van der Waals surface area contributed by atoms with E-state index < -0.39 is 10.0 Å². The first-order valence-electron chi connectivity index (χ1n) is 7.21. The number of aliphatic hydroxyl groups is 1. The molecule has 0 aliphatic heterocycles. The minimum atomic E-state index is -3.59. The summed E-state index contributed by atoms with van der Waals surface area (Å²) in [5, 5.41) is 9.18. The van der Waals surface area contributed by atoms with E-state index in [1.54, 1.807) is 25.3 Å². The Hall–Kier alpha value is -0.950. The first-order valence-corrected chi connectivity index (χ1v) is 8.65. The quantitative estimate of drug-likeness (QED) is 0.757. The molecule has 0 bridgehead atoms. The Morgan fingerprint density at radius 3 is 2.48 bits per heavy atom. The summed E-state index contributed by atoms with van der Waals surface area (Å²) in [4.78, 5) is 0.219. The zero-order chi connectivity index (χ0) is 15.9. The fourth-order valence-electron chi connectivity index (χ4n) is 2.32. The van der Waals surface area contributed by atoms with Gasteiger partial charge in [-0.3, -0.25) is 0 Å². The summed E-state index contributed by atoms with van der Waals surface area (Å²) in [6, 6.07) is 6.40. The van der Waals surface area contributed by atoms with Crippen molar-refractivity contribution in [3.8, 4) is 0 Å². The van der Waals surface area contributed by atoms with Crippen molar-refractivity contribution in [3.63, 3.8) is 0 Å². The van der Waals surface area contributed by atoms with Gasteiger partial charge in [-0.15, -0.1) is 0 Å². The first-order chi connectivity index (χ1) is 10.0. The van der Waals surface area contributed by atoms with Gasteiger partial charge in [0, 0.05) is 19.7 Å². The number of nitrogens with zero attached hydrogens (tertiary/aromatic N) is 1. The summed E-state index contributed by atoms with van der Waals surface area (Å²) in [5.41, 5.74) is 0.590. The molecule has 0 aliphatic rings. The van der Waals surface area contributed by atoms with E-state index in [1.807, 2.05) is 13.8 Å². The minimum Gasteiger partial charge on any atom is -0.392 e. The van der Waals surface area contributed by atoms with Crippen LogP contribution in [0.25, 0.3) is 0 Å². The lowest BCUT2D eigenvalue weighted by Crippen LogP contribution is -2.41.